The topological polar surface area (TPSA) is 89.9 Å². The van der Waals surface area contributed by atoms with Crippen LogP contribution in [0.15, 0.2) is 35.5 Å². The van der Waals surface area contributed by atoms with Crippen LogP contribution < -0.4 is 0 Å². The largest absolute Gasteiger partial charge is 0.383 e. The van der Waals surface area contributed by atoms with Crippen LogP contribution in [0.4, 0.5) is 0 Å². The van der Waals surface area contributed by atoms with Gasteiger partial charge in [0.15, 0.2) is 16.7 Å². The van der Waals surface area contributed by atoms with E-state index in [0.29, 0.717) is 41.5 Å². The van der Waals surface area contributed by atoms with E-state index in [4.69, 9.17) is 4.74 Å². The van der Waals surface area contributed by atoms with Gasteiger partial charge in [-0.25, -0.2) is 0 Å². The SMILES string of the molecule is COCCn1c(Cc2ccccc2)nnc1S[C@H](C)C(=O)c1[nH]c(C)c(C(C)=O)c1C. The maximum atomic E-state index is 13.1. The number of benzene rings is 1. The zero-order valence-corrected chi connectivity index (χ0v) is 19.4. The van der Waals surface area contributed by atoms with Crippen LogP contribution in [0.2, 0.25) is 0 Å². The van der Waals surface area contributed by atoms with Crippen molar-refractivity contribution >= 4 is 23.3 Å². The number of rotatable bonds is 10. The molecule has 164 valence electrons. The van der Waals surface area contributed by atoms with E-state index in [1.54, 1.807) is 7.11 Å². The molecule has 3 rings (SSSR count). The third-order valence-electron chi connectivity index (χ3n) is 5.20. The summed E-state index contributed by atoms with van der Waals surface area (Å²) in [6, 6.07) is 10.1. The number of nitrogens with zero attached hydrogens (tertiary/aromatic N) is 3. The van der Waals surface area contributed by atoms with Crippen molar-refractivity contribution in [3.63, 3.8) is 0 Å². The number of carbonyl (C=O) groups is 2. The zero-order valence-electron chi connectivity index (χ0n) is 18.6. The monoisotopic (exact) mass is 440 g/mol. The lowest BCUT2D eigenvalue weighted by Gasteiger charge is -2.13. The highest BCUT2D eigenvalue weighted by atomic mass is 32.2. The molecule has 1 aromatic carbocycles. The van der Waals surface area contributed by atoms with Crippen LogP contribution in [-0.4, -0.2) is 50.3 Å². The van der Waals surface area contributed by atoms with E-state index in [9.17, 15) is 9.59 Å². The third kappa shape index (κ3) is 5.14. The third-order valence-corrected chi connectivity index (χ3v) is 6.29. The Morgan fingerprint density at radius 3 is 2.52 bits per heavy atom. The van der Waals surface area contributed by atoms with Crippen molar-refractivity contribution in [2.75, 3.05) is 13.7 Å². The Morgan fingerprint density at radius 2 is 1.90 bits per heavy atom. The molecule has 2 aromatic heterocycles. The number of hydrogen-bond acceptors (Lipinski definition) is 6. The Bertz CT molecular complexity index is 1070. The summed E-state index contributed by atoms with van der Waals surface area (Å²) in [7, 11) is 1.66. The molecule has 0 bridgehead atoms. The number of hydrogen-bond donors (Lipinski definition) is 1. The summed E-state index contributed by atoms with van der Waals surface area (Å²) in [6.07, 6.45) is 0.650. The lowest BCUT2D eigenvalue weighted by Crippen LogP contribution is -2.17. The molecule has 0 unspecified atom stereocenters. The molecule has 0 saturated carbocycles. The molecule has 1 atom stereocenters. The van der Waals surface area contributed by atoms with Crippen molar-refractivity contribution < 1.29 is 14.3 Å². The molecule has 0 aliphatic rings. The maximum absolute atomic E-state index is 13.1. The van der Waals surface area contributed by atoms with Crippen molar-refractivity contribution in [2.24, 2.45) is 0 Å². The van der Waals surface area contributed by atoms with Crippen LogP contribution in [0.5, 0.6) is 0 Å². The van der Waals surface area contributed by atoms with Crippen molar-refractivity contribution in [2.45, 2.75) is 51.1 Å². The van der Waals surface area contributed by atoms with E-state index >= 15 is 0 Å². The van der Waals surface area contributed by atoms with Crippen molar-refractivity contribution in [3.05, 3.63) is 64.2 Å². The standard InChI is InChI=1S/C23H28N4O3S/c1-14-20(16(3)28)15(2)24-21(14)22(29)17(4)31-23-26-25-19(27(23)11-12-30-5)13-18-9-7-6-8-10-18/h6-10,17,24H,11-13H2,1-5H3/t17-/m1/s1. The van der Waals surface area contributed by atoms with Crippen LogP contribution in [0.3, 0.4) is 0 Å². The van der Waals surface area contributed by atoms with Gasteiger partial charge in [0.1, 0.15) is 5.82 Å². The van der Waals surface area contributed by atoms with E-state index in [0.717, 1.165) is 17.1 Å². The number of nitrogens with one attached hydrogen (secondary N) is 1. The van der Waals surface area contributed by atoms with Gasteiger partial charge in [0.2, 0.25) is 0 Å². The van der Waals surface area contributed by atoms with Gasteiger partial charge >= 0.3 is 0 Å². The van der Waals surface area contributed by atoms with Gasteiger partial charge < -0.3 is 14.3 Å². The first-order valence-electron chi connectivity index (χ1n) is 10.2. The Morgan fingerprint density at radius 1 is 1.19 bits per heavy atom. The molecule has 8 heteroatoms. The van der Waals surface area contributed by atoms with Gasteiger partial charge in [0, 0.05) is 31.3 Å². The average Bonchev–Trinajstić information content (AvgIpc) is 3.25. The molecule has 1 N–H and O–H groups in total. The van der Waals surface area contributed by atoms with Crippen molar-refractivity contribution in [1.82, 2.24) is 19.7 Å². The van der Waals surface area contributed by atoms with E-state index in [1.807, 2.05) is 43.5 Å². The lowest BCUT2D eigenvalue weighted by molar-refractivity contribution is 0.0988. The highest BCUT2D eigenvalue weighted by Gasteiger charge is 2.26. The quantitative estimate of drug-likeness (QED) is 0.378. The van der Waals surface area contributed by atoms with Crippen molar-refractivity contribution in [3.8, 4) is 0 Å². The summed E-state index contributed by atoms with van der Waals surface area (Å²) in [4.78, 5) is 28.1. The summed E-state index contributed by atoms with van der Waals surface area (Å²) in [5.41, 5.74) is 3.64. The number of aryl methyl sites for hydroxylation is 1. The number of aromatic amines is 1. The highest BCUT2D eigenvalue weighted by Crippen LogP contribution is 2.28. The number of carbonyl (C=O) groups excluding carboxylic acids is 2. The molecule has 0 amide bonds. The Labute approximate surface area is 186 Å². The van der Waals surface area contributed by atoms with Gasteiger partial charge in [0.25, 0.3) is 0 Å². The molecule has 0 radical (unpaired) electrons. The predicted molar refractivity (Wildman–Crippen MR) is 121 cm³/mol. The number of thioether (sulfide) groups is 1. The second kappa shape index (κ2) is 10.1. The zero-order chi connectivity index (χ0) is 22.5. The minimum atomic E-state index is -0.397. The van der Waals surface area contributed by atoms with E-state index < -0.39 is 5.25 Å². The highest BCUT2D eigenvalue weighted by molar-refractivity contribution is 8.00. The first-order valence-corrected chi connectivity index (χ1v) is 11.1. The van der Waals surface area contributed by atoms with Crippen molar-refractivity contribution in [1.29, 1.82) is 0 Å². The van der Waals surface area contributed by atoms with Gasteiger partial charge in [0.05, 0.1) is 17.6 Å². The van der Waals surface area contributed by atoms with Crippen LogP contribution in [0.25, 0.3) is 0 Å². The molecule has 7 nitrogen and oxygen atoms in total. The summed E-state index contributed by atoms with van der Waals surface area (Å²) in [5.74, 6) is 0.718. The molecule has 0 saturated heterocycles. The summed E-state index contributed by atoms with van der Waals surface area (Å²) < 4.78 is 7.27. The second-order valence-electron chi connectivity index (χ2n) is 7.51. The smallest absolute Gasteiger partial charge is 0.192 e. The molecular weight excluding hydrogens is 412 g/mol. The summed E-state index contributed by atoms with van der Waals surface area (Å²) >= 11 is 1.37. The van der Waals surface area contributed by atoms with Crippen LogP contribution in [0.1, 0.15) is 57.3 Å². The van der Waals surface area contributed by atoms with Gasteiger partial charge in [-0.2, -0.15) is 0 Å². The molecule has 0 spiro atoms. The Kier molecular flexibility index (Phi) is 7.46. The number of H-pyrrole nitrogens is 1. The number of Topliss-reactive ketones (excluding diaryl/α,β-unsaturated/α-hetero) is 2. The molecule has 0 aliphatic heterocycles. The number of aromatic nitrogens is 4. The van der Waals surface area contributed by atoms with Gasteiger partial charge in [-0.15, -0.1) is 10.2 Å². The molecule has 0 fully saturated rings. The summed E-state index contributed by atoms with van der Waals surface area (Å²) in [6.45, 7) is 8.11. The van der Waals surface area contributed by atoms with Crippen LogP contribution >= 0.6 is 11.8 Å². The van der Waals surface area contributed by atoms with Gasteiger partial charge in [-0.3, -0.25) is 9.59 Å². The van der Waals surface area contributed by atoms with Crippen LogP contribution in [-0.2, 0) is 17.7 Å². The molecule has 3 aromatic rings. The minimum Gasteiger partial charge on any atom is -0.383 e. The van der Waals surface area contributed by atoms with Gasteiger partial charge in [-0.05, 0) is 38.8 Å². The second-order valence-corrected chi connectivity index (χ2v) is 8.82. The fraction of sp³-hybridized carbons (Fsp3) is 0.391. The van der Waals surface area contributed by atoms with E-state index in [1.165, 1.54) is 18.7 Å². The van der Waals surface area contributed by atoms with E-state index in [2.05, 4.69) is 27.3 Å². The molecule has 31 heavy (non-hydrogen) atoms. The fourth-order valence-corrected chi connectivity index (χ4v) is 4.61. The normalized spacial score (nSPS) is 12.2. The first-order chi connectivity index (χ1) is 14.8. The first kappa shape index (κ1) is 23.0. The van der Waals surface area contributed by atoms with Crippen LogP contribution in [0, 0.1) is 13.8 Å². The number of ketones is 2. The van der Waals surface area contributed by atoms with E-state index in [-0.39, 0.29) is 11.6 Å². The summed E-state index contributed by atoms with van der Waals surface area (Å²) in [5, 5.41) is 9.02. The van der Waals surface area contributed by atoms with Gasteiger partial charge in [-0.1, -0.05) is 42.1 Å². The Balaban J connectivity index is 1.83. The minimum absolute atomic E-state index is 0.0459. The average molecular weight is 441 g/mol. The fourth-order valence-electron chi connectivity index (χ4n) is 3.66. The number of ether oxygens (including phenoxy) is 1. The molecular formula is C23H28N4O3S. The molecule has 2 heterocycles. The number of methoxy groups -OCH3 is 1. The Hall–Kier alpha value is -2.71. The predicted octanol–water partition coefficient (Wildman–Crippen LogP) is 4.03. The lowest BCUT2D eigenvalue weighted by atomic mass is 10.0. The molecule has 0 aliphatic carbocycles. The maximum Gasteiger partial charge on any atom is 0.192 e.